The number of hydrogen-bond acceptors (Lipinski definition) is 3. The highest BCUT2D eigenvalue weighted by molar-refractivity contribution is 5.39. The average molecular weight is 263 g/mol. The number of hydrogen-bond donors (Lipinski definition) is 1. The van der Waals surface area contributed by atoms with Crippen LogP contribution in [0.15, 0.2) is 24.3 Å². The largest absolute Gasteiger partial charge is 0.493 e. The molecule has 19 heavy (non-hydrogen) atoms. The zero-order valence-corrected chi connectivity index (χ0v) is 12.0. The first kappa shape index (κ1) is 14.2. The molecule has 0 radical (unpaired) electrons. The molecule has 0 saturated heterocycles. The van der Waals surface area contributed by atoms with Crippen molar-refractivity contribution in [2.75, 3.05) is 26.8 Å². The van der Waals surface area contributed by atoms with Gasteiger partial charge in [-0.1, -0.05) is 31.9 Å². The van der Waals surface area contributed by atoms with Crippen LogP contribution in [0.25, 0.3) is 0 Å². The van der Waals surface area contributed by atoms with Gasteiger partial charge in [0, 0.05) is 6.54 Å². The molecule has 1 saturated carbocycles. The van der Waals surface area contributed by atoms with Gasteiger partial charge in [-0.2, -0.15) is 0 Å². The summed E-state index contributed by atoms with van der Waals surface area (Å²) >= 11 is 0. The minimum Gasteiger partial charge on any atom is -0.493 e. The molecular formula is C16H25NO2. The van der Waals surface area contributed by atoms with Crippen molar-refractivity contribution in [1.82, 2.24) is 5.32 Å². The Morgan fingerprint density at radius 2 is 2.00 bits per heavy atom. The smallest absolute Gasteiger partial charge is 0.161 e. The van der Waals surface area contributed by atoms with E-state index in [1.165, 1.54) is 19.3 Å². The predicted octanol–water partition coefficient (Wildman–Crippen LogP) is 3.10. The van der Waals surface area contributed by atoms with Crippen LogP contribution in [0.4, 0.5) is 0 Å². The van der Waals surface area contributed by atoms with E-state index in [0.29, 0.717) is 6.61 Å². The van der Waals surface area contributed by atoms with E-state index in [0.717, 1.165) is 36.4 Å². The first-order valence-electron chi connectivity index (χ1n) is 7.28. The molecule has 1 aliphatic rings. The van der Waals surface area contributed by atoms with E-state index in [1.807, 2.05) is 24.3 Å². The number of benzene rings is 1. The third-order valence-corrected chi connectivity index (χ3v) is 4.05. The van der Waals surface area contributed by atoms with Gasteiger partial charge in [0.2, 0.25) is 0 Å². The molecule has 106 valence electrons. The second-order valence-electron chi connectivity index (χ2n) is 5.37. The molecule has 1 N–H and O–H groups in total. The molecule has 0 aliphatic heterocycles. The van der Waals surface area contributed by atoms with Gasteiger partial charge in [-0.3, -0.25) is 0 Å². The Morgan fingerprint density at radius 3 is 2.68 bits per heavy atom. The highest BCUT2D eigenvalue weighted by Gasteiger charge is 2.22. The normalized spacial score (nSPS) is 22.4. The molecule has 0 amide bonds. The Balaban J connectivity index is 1.64. The lowest BCUT2D eigenvalue weighted by Crippen LogP contribution is -2.28. The Hall–Kier alpha value is -1.22. The third kappa shape index (κ3) is 4.13. The summed E-state index contributed by atoms with van der Waals surface area (Å²) in [6, 6.07) is 7.78. The molecule has 1 aliphatic carbocycles. The van der Waals surface area contributed by atoms with Gasteiger partial charge in [0.15, 0.2) is 11.5 Å². The highest BCUT2D eigenvalue weighted by Crippen LogP contribution is 2.30. The molecule has 0 heterocycles. The van der Waals surface area contributed by atoms with Crippen molar-refractivity contribution in [3.05, 3.63) is 24.3 Å². The fourth-order valence-electron chi connectivity index (χ4n) is 2.78. The van der Waals surface area contributed by atoms with Crippen molar-refractivity contribution >= 4 is 0 Å². The van der Waals surface area contributed by atoms with Gasteiger partial charge in [0.1, 0.15) is 6.61 Å². The van der Waals surface area contributed by atoms with E-state index in [-0.39, 0.29) is 0 Å². The minimum atomic E-state index is 0.682. The molecule has 2 unspecified atom stereocenters. The lowest BCUT2D eigenvalue weighted by Gasteiger charge is -2.16. The van der Waals surface area contributed by atoms with Crippen molar-refractivity contribution < 1.29 is 9.47 Å². The molecule has 0 aromatic heterocycles. The number of nitrogens with one attached hydrogen (secondary N) is 1. The van der Waals surface area contributed by atoms with Crippen LogP contribution in [0.3, 0.4) is 0 Å². The lowest BCUT2D eigenvalue weighted by molar-refractivity contribution is 0.285. The number of ether oxygens (including phenoxy) is 2. The van der Waals surface area contributed by atoms with Crippen LogP contribution >= 0.6 is 0 Å². The summed E-state index contributed by atoms with van der Waals surface area (Å²) in [5.74, 6) is 3.35. The van der Waals surface area contributed by atoms with E-state index >= 15 is 0 Å². The molecule has 1 fully saturated rings. The average Bonchev–Trinajstić information content (AvgIpc) is 2.84. The van der Waals surface area contributed by atoms with Crippen molar-refractivity contribution in [2.45, 2.75) is 26.2 Å². The Kier molecular flexibility index (Phi) is 5.52. The standard InChI is InChI=1S/C16H25NO2/c1-13-6-5-7-14(13)12-17-10-11-19-16-9-4-3-8-15(16)18-2/h3-4,8-9,13-14,17H,5-7,10-12H2,1-2H3. The maximum atomic E-state index is 5.73. The fourth-order valence-corrected chi connectivity index (χ4v) is 2.78. The van der Waals surface area contributed by atoms with Gasteiger partial charge < -0.3 is 14.8 Å². The maximum absolute atomic E-state index is 5.73. The van der Waals surface area contributed by atoms with Crippen molar-refractivity contribution in [3.8, 4) is 11.5 Å². The Labute approximate surface area is 116 Å². The second kappa shape index (κ2) is 7.39. The summed E-state index contributed by atoms with van der Waals surface area (Å²) in [6.45, 7) is 5.06. The summed E-state index contributed by atoms with van der Waals surface area (Å²) in [6.07, 6.45) is 4.16. The van der Waals surface area contributed by atoms with Gasteiger partial charge in [0.05, 0.1) is 7.11 Å². The van der Waals surface area contributed by atoms with Crippen LogP contribution in [0.5, 0.6) is 11.5 Å². The molecule has 1 aromatic carbocycles. The van der Waals surface area contributed by atoms with Crippen LogP contribution in [-0.4, -0.2) is 26.8 Å². The topological polar surface area (TPSA) is 30.5 Å². The quantitative estimate of drug-likeness (QED) is 0.767. The zero-order valence-electron chi connectivity index (χ0n) is 12.0. The van der Waals surface area contributed by atoms with Gasteiger partial charge in [-0.15, -0.1) is 0 Å². The maximum Gasteiger partial charge on any atom is 0.161 e. The van der Waals surface area contributed by atoms with Crippen LogP contribution in [0, 0.1) is 11.8 Å². The molecule has 3 nitrogen and oxygen atoms in total. The number of rotatable bonds is 7. The van der Waals surface area contributed by atoms with E-state index in [4.69, 9.17) is 9.47 Å². The van der Waals surface area contributed by atoms with E-state index in [1.54, 1.807) is 7.11 Å². The molecule has 3 heteroatoms. The van der Waals surface area contributed by atoms with Crippen LogP contribution in [0.1, 0.15) is 26.2 Å². The minimum absolute atomic E-state index is 0.682. The number of methoxy groups -OCH3 is 1. The molecule has 0 spiro atoms. The Morgan fingerprint density at radius 1 is 1.21 bits per heavy atom. The summed E-state index contributed by atoms with van der Waals surface area (Å²) in [4.78, 5) is 0. The number of para-hydroxylation sites is 2. The summed E-state index contributed by atoms with van der Waals surface area (Å²) in [5.41, 5.74) is 0. The molecule has 2 atom stereocenters. The second-order valence-corrected chi connectivity index (χ2v) is 5.37. The van der Waals surface area contributed by atoms with Crippen LogP contribution in [-0.2, 0) is 0 Å². The van der Waals surface area contributed by atoms with Crippen molar-refractivity contribution in [2.24, 2.45) is 11.8 Å². The van der Waals surface area contributed by atoms with Gasteiger partial charge in [0.25, 0.3) is 0 Å². The lowest BCUT2D eigenvalue weighted by atomic mass is 9.98. The molecule has 2 rings (SSSR count). The monoisotopic (exact) mass is 263 g/mol. The van der Waals surface area contributed by atoms with E-state index < -0.39 is 0 Å². The van der Waals surface area contributed by atoms with Crippen LogP contribution in [0.2, 0.25) is 0 Å². The first-order chi connectivity index (χ1) is 9.31. The SMILES string of the molecule is COc1ccccc1OCCNCC1CCCC1C. The molecule has 1 aromatic rings. The molecular weight excluding hydrogens is 238 g/mol. The van der Waals surface area contributed by atoms with Gasteiger partial charge in [-0.05, 0) is 36.9 Å². The van der Waals surface area contributed by atoms with Crippen molar-refractivity contribution in [3.63, 3.8) is 0 Å². The summed E-state index contributed by atoms with van der Waals surface area (Å²) in [7, 11) is 1.67. The van der Waals surface area contributed by atoms with Gasteiger partial charge in [-0.25, -0.2) is 0 Å². The van der Waals surface area contributed by atoms with Gasteiger partial charge >= 0.3 is 0 Å². The Bertz CT molecular complexity index is 381. The van der Waals surface area contributed by atoms with Crippen LogP contribution < -0.4 is 14.8 Å². The zero-order chi connectivity index (χ0) is 13.5. The first-order valence-corrected chi connectivity index (χ1v) is 7.28. The third-order valence-electron chi connectivity index (χ3n) is 4.05. The van der Waals surface area contributed by atoms with E-state index in [2.05, 4.69) is 12.2 Å². The molecule has 0 bridgehead atoms. The fraction of sp³-hybridized carbons (Fsp3) is 0.625. The summed E-state index contributed by atoms with van der Waals surface area (Å²) in [5, 5.41) is 3.50. The predicted molar refractivity (Wildman–Crippen MR) is 77.9 cm³/mol. The van der Waals surface area contributed by atoms with E-state index in [9.17, 15) is 0 Å². The summed E-state index contributed by atoms with van der Waals surface area (Å²) < 4.78 is 11.0. The van der Waals surface area contributed by atoms with Crippen molar-refractivity contribution in [1.29, 1.82) is 0 Å². The highest BCUT2D eigenvalue weighted by atomic mass is 16.5.